The van der Waals surface area contributed by atoms with Gasteiger partial charge in [-0.05, 0) is 4.93 Å². The summed E-state index contributed by atoms with van der Waals surface area (Å²) in [5.41, 5.74) is 0. The first-order valence-corrected chi connectivity index (χ1v) is 3.46. The van der Waals surface area contributed by atoms with Gasteiger partial charge in [0.25, 0.3) is 5.97 Å². The molecule has 1 N–H and O–H groups in total. The van der Waals surface area contributed by atoms with Gasteiger partial charge in [-0.2, -0.15) is 0 Å². The van der Waals surface area contributed by atoms with Crippen molar-refractivity contribution in [1.29, 1.82) is 0 Å². The average Bonchev–Trinajstić information content (AvgIpc) is 1.41. The zero-order valence-corrected chi connectivity index (χ0v) is 7.12. The predicted molar refractivity (Wildman–Crippen MR) is 50.4 cm³/mol. The number of rotatable bonds is 0. The molecule has 52 valence electrons. The minimum absolute atomic E-state index is 0. The molecule has 0 bridgehead atoms. The molecule has 2 nitrogen and oxygen atoms in total. The number of alkyl halides is 1. The van der Waals surface area contributed by atoms with E-state index < -0.39 is 5.97 Å². The molecule has 0 spiro atoms. The fraction of sp³-hybridized carbons (Fsp3) is 0.667. The molecule has 0 aliphatic rings. The summed E-state index contributed by atoms with van der Waals surface area (Å²) in [5, 5.41) is 7.42. The van der Waals surface area contributed by atoms with E-state index >= 15 is 0 Å². The Labute approximate surface area is 124 Å². The van der Waals surface area contributed by atoms with Gasteiger partial charge in [0, 0.05) is 6.92 Å². The molecule has 0 aliphatic heterocycles. The average molecular weight is 474 g/mol. The van der Waals surface area contributed by atoms with E-state index in [0.717, 1.165) is 6.92 Å². The van der Waals surface area contributed by atoms with Gasteiger partial charge in [0.05, 0.1) is 0 Å². The van der Waals surface area contributed by atoms with E-state index in [1.165, 1.54) is 0 Å². The molecule has 0 aromatic heterocycles. The number of carboxylic acids is 1. The van der Waals surface area contributed by atoms with Crippen LogP contribution in [0.2, 0.25) is 0 Å². The van der Waals surface area contributed by atoms with Gasteiger partial charge >= 0.3 is 63.9 Å². The van der Waals surface area contributed by atoms with Gasteiger partial charge in [-0.25, -0.2) is 0 Å². The van der Waals surface area contributed by atoms with Crippen molar-refractivity contribution in [2.75, 3.05) is 4.93 Å². The van der Waals surface area contributed by atoms with Crippen LogP contribution in [0.3, 0.4) is 0 Å². The normalized spacial score (nSPS) is 3.44. The molecular formula is C3H11ClILiO2Ra. The van der Waals surface area contributed by atoms with E-state index in [0.29, 0.717) is 0 Å². The molecule has 0 saturated carbocycles. The number of halogens is 2. The zero-order chi connectivity index (χ0) is 5.58. The molecule has 0 rings (SSSR count). The SMILES string of the molecule is CC(=O)O.CI.Cl.[LiH].[RaH2]. The molecule has 0 atom stereocenters. The Morgan fingerprint density at radius 1 is 1.44 bits per heavy atom. The molecule has 0 radical (unpaired) electrons. The fourth-order valence-electron chi connectivity index (χ4n) is 0. The third-order valence-electron chi connectivity index (χ3n) is 0. The molecule has 0 aromatic carbocycles. The second-order valence-electron chi connectivity index (χ2n) is 0.519. The third kappa shape index (κ3) is 118. The van der Waals surface area contributed by atoms with Crippen molar-refractivity contribution in [3.8, 4) is 0 Å². The van der Waals surface area contributed by atoms with E-state index in [1.807, 2.05) is 4.93 Å². The van der Waals surface area contributed by atoms with Crippen molar-refractivity contribution in [2.45, 2.75) is 6.92 Å². The fourth-order valence-corrected chi connectivity index (χ4v) is 0. The van der Waals surface area contributed by atoms with Crippen LogP contribution in [0, 0.1) is 45.0 Å². The summed E-state index contributed by atoms with van der Waals surface area (Å²) in [6, 6.07) is 0. The van der Waals surface area contributed by atoms with Crippen molar-refractivity contribution in [1.82, 2.24) is 0 Å². The Hall–Kier alpha value is 2.55. The summed E-state index contributed by atoms with van der Waals surface area (Å²) in [7, 11) is 0. The second kappa shape index (κ2) is 31.2. The summed E-state index contributed by atoms with van der Waals surface area (Å²) >= 11 is 2.15. The van der Waals surface area contributed by atoms with Crippen LogP contribution in [-0.2, 0) is 4.79 Å². The quantitative estimate of drug-likeness (QED) is 0.313. The number of carboxylic acid groups (broad SMARTS) is 1. The molecular weight excluding hydrogens is 463 g/mol. The Bertz CT molecular complexity index is 44.8. The molecule has 0 aromatic rings. The van der Waals surface area contributed by atoms with Gasteiger partial charge in [0.2, 0.25) is 0 Å². The zero-order valence-electron chi connectivity index (χ0n) is 4.14. The Morgan fingerprint density at radius 2 is 1.44 bits per heavy atom. The van der Waals surface area contributed by atoms with E-state index in [1.54, 1.807) is 0 Å². The van der Waals surface area contributed by atoms with Gasteiger partial charge in [-0.1, -0.05) is 22.6 Å². The third-order valence-corrected chi connectivity index (χ3v) is 0. The van der Waals surface area contributed by atoms with Gasteiger partial charge in [0.1, 0.15) is 0 Å². The minimum atomic E-state index is -0.833. The molecule has 0 aliphatic carbocycles. The van der Waals surface area contributed by atoms with Crippen LogP contribution in [0.4, 0.5) is 0 Å². The first-order valence-electron chi connectivity index (χ1n) is 1.31. The van der Waals surface area contributed by atoms with Gasteiger partial charge in [0.15, 0.2) is 0 Å². The molecule has 9 heavy (non-hydrogen) atoms. The summed E-state index contributed by atoms with van der Waals surface area (Å²) in [4.78, 5) is 11.0. The standard InChI is InChI=1S/C2H4O2.CH3I.ClH.Li.Ra.3H/c1-2(3)4;1-2;;;;;;/h1H3,(H,3,4);1H3;1H;;;;;. The van der Waals surface area contributed by atoms with E-state index in [2.05, 4.69) is 22.6 Å². The second-order valence-corrected chi connectivity index (χ2v) is 0.519. The molecule has 0 fully saturated rings. The van der Waals surface area contributed by atoms with Gasteiger partial charge in [-0.15, -0.1) is 12.4 Å². The van der Waals surface area contributed by atoms with Crippen molar-refractivity contribution in [3.63, 3.8) is 0 Å². The van der Waals surface area contributed by atoms with Crippen molar-refractivity contribution < 1.29 is 54.9 Å². The number of hydrogen-bond acceptors (Lipinski definition) is 1. The van der Waals surface area contributed by atoms with Crippen molar-refractivity contribution in [2.24, 2.45) is 0 Å². The number of hydrogen-bond donors (Lipinski definition) is 1. The van der Waals surface area contributed by atoms with Crippen LogP contribution < -0.4 is 0 Å². The summed E-state index contributed by atoms with van der Waals surface area (Å²) in [6.07, 6.45) is 0. The Morgan fingerprint density at radius 3 is 1.44 bits per heavy atom. The first-order chi connectivity index (χ1) is 2.73. The summed E-state index contributed by atoms with van der Waals surface area (Å²) < 4.78 is 0. The van der Waals surface area contributed by atoms with Crippen molar-refractivity contribution in [3.05, 3.63) is 0 Å². The van der Waals surface area contributed by atoms with Crippen LogP contribution in [0.15, 0.2) is 0 Å². The predicted octanol–water partition coefficient (Wildman–Crippen LogP) is 0.380. The molecule has 0 saturated heterocycles. The van der Waals surface area contributed by atoms with Crippen LogP contribution in [0.25, 0.3) is 0 Å². The van der Waals surface area contributed by atoms with Crippen LogP contribution in [0.1, 0.15) is 6.92 Å². The monoisotopic (exact) mass is 474 g/mol. The van der Waals surface area contributed by atoms with Gasteiger partial charge < -0.3 is 5.11 Å². The van der Waals surface area contributed by atoms with E-state index in [4.69, 9.17) is 9.90 Å². The Balaban J connectivity index is -0.00000000990. The maximum absolute atomic E-state index is 9.00. The molecule has 0 unspecified atom stereocenters. The molecule has 6 heteroatoms. The summed E-state index contributed by atoms with van der Waals surface area (Å²) in [6.45, 7) is 1.08. The maximum atomic E-state index is 9.00. The van der Waals surface area contributed by atoms with E-state index in [-0.39, 0.29) is 76.3 Å². The number of carbonyl (C=O) groups is 1. The van der Waals surface area contributed by atoms with Gasteiger partial charge in [-0.3, -0.25) is 4.79 Å². The van der Waals surface area contributed by atoms with Crippen molar-refractivity contribution >= 4 is 59.8 Å². The number of aliphatic carboxylic acids is 1. The topological polar surface area (TPSA) is 37.3 Å². The summed E-state index contributed by atoms with van der Waals surface area (Å²) in [5.74, 6) is -0.833. The first kappa shape index (κ1) is 30.0. The Kier molecular flexibility index (Phi) is 104. The molecule has 0 amide bonds. The van der Waals surface area contributed by atoms with Crippen LogP contribution >= 0.6 is 35.0 Å². The van der Waals surface area contributed by atoms with Crippen LogP contribution in [0.5, 0.6) is 0 Å². The molecule has 0 heterocycles. The van der Waals surface area contributed by atoms with Crippen LogP contribution in [-0.4, -0.2) is 34.9 Å². The van der Waals surface area contributed by atoms with E-state index in [9.17, 15) is 0 Å².